The number of ketones is 1. The molecular weight excluding hydrogens is 382 g/mol. The molecule has 0 saturated carbocycles. The van der Waals surface area contributed by atoms with Crippen LogP contribution >= 0.6 is 11.8 Å². The van der Waals surface area contributed by atoms with Crippen molar-refractivity contribution in [2.24, 2.45) is 5.92 Å². The molecule has 0 amide bonds. The Balaban J connectivity index is 2.00. The first-order chi connectivity index (χ1) is 13.4. The smallest absolute Gasteiger partial charge is 0.316 e. The van der Waals surface area contributed by atoms with E-state index in [2.05, 4.69) is 10.2 Å². The Morgan fingerprint density at radius 2 is 2.14 bits per heavy atom. The maximum Gasteiger partial charge on any atom is 0.316 e. The Morgan fingerprint density at radius 1 is 1.39 bits per heavy atom. The molecule has 1 heterocycles. The van der Waals surface area contributed by atoms with Crippen LogP contribution in [0.1, 0.15) is 12.7 Å². The van der Waals surface area contributed by atoms with Gasteiger partial charge in [-0.3, -0.25) is 14.2 Å². The number of nitriles is 1. The predicted octanol–water partition coefficient (Wildman–Crippen LogP) is 1.97. The number of carbonyl (C=O) groups excluding carboxylic acids is 2. The number of nitrogens with zero attached hydrogens (tertiary/aromatic N) is 4. The number of hydrogen-bond donors (Lipinski definition) is 1. The lowest BCUT2D eigenvalue weighted by Gasteiger charge is -2.10. The van der Waals surface area contributed by atoms with E-state index < -0.39 is 24.3 Å². The van der Waals surface area contributed by atoms with Crippen LogP contribution < -0.4 is 4.74 Å². The van der Waals surface area contributed by atoms with Gasteiger partial charge in [0.25, 0.3) is 0 Å². The molecule has 0 spiro atoms. The van der Waals surface area contributed by atoms with E-state index in [0.29, 0.717) is 16.7 Å². The van der Waals surface area contributed by atoms with Gasteiger partial charge in [0.05, 0.1) is 24.6 Å². The van der Waals surface area contributed by atoms with Crippen molar-refractivity contribution in [2.45, 2.75) is 19.0 Å². The standard InChI is InChI=1S/C18H19N5O4S/c1-11(20)15(8-19)16(24)9-27-17(25)10-28-18-22-21-12(2)23(18)13-5-4-6-14(7-13)26-3/h4-7,15,20H,9-10H2,1-3H3/t15-/m1/s1. The van der Waals surface area contributed by atoms with Gasteiger partial charge in [0.15, 0.2) is 17.5 Å². The first kappa shape index (κ1) is 21.1. The summed E-state index contributed by atoms with van der Waals surface area (Å²) in [5.41, 5.74) is 0.700. The zero-order valence-corrected chi connectivity index (χ0v) is 16.4. The summed E-state index contributed by atoms with van der Waals surface area (Å²) in [6, 6.07) is 9.05. The molecule has 10 heteroatoms. The molecule has 1 N–H and O–H groups in total. The minimum Gasteiger partial charge on any atom is -0.497 e. The highest BCUT2D eigenvalue weighted by atomic mass is 32.2. The normalized spacial score (nSPS) is 11.4. The number of aromatic nitrogens is 3. The summed E-state index contributed by atoms with van der Waals surface area (Å²) in [7, 11) is 1.57. The zero-order chi connectivity index (χ0) is 20.7. The number of ether oxygens (including phenoxy) is 2. The van der Waals surface area contributed by atoms with Crippen molar-refractivity contribution in [2.75, 3.05) is 19.5 Å². The molecule has 0 saturated heterocycles. The van der Waals surface area contributed by atoms with Crippen LogP contribution in [0.4, 0.5) is 0 Å². The fourth-order valence-corrected chi connectivity index (χ4v) is 3.09. The van der Waals surface area contributed by atoms with Crippen LogP contribution in [-0.4, -0.2) is 51.7 Å². The van der Waals surface area contributed by atoms with Crippen molar-refractivity contribution in [3.8, 4) is 17.5 Å². The van der Waals surface area contributed by atoms with Crippen molar-refractivity contribution < 1.29 is 19.1 Å². The van der Waals surface area contributed by atoms with Crippen LogP contribution in [0.25, 0.3) is 5.69 Å². The quantitative estimate of drug-likeness (QED) is 0.383. The predicted molar refractivity (Wildman–Crippen MR) is 102 cm³/mol. The van der Waals surface area contributed by atoms with E-state index in [0.717, 1.165) is 17.4 Å². The number of esters is 1. The number of aryl methyl sites for hydroxylation is 1. The zero-order valence-electron chi connectivity index (χ0n) is 15.6. The van der Waals surface area contributed by atoms with E-state index in [4.69, 9.17) is 20.1 Å². The van der Waals surface area contributed by atoms with Crippen LogP contribution in [0.5, 0.6) is 5.75 Å². The molecule has 28 heavy (non-hydrogen) atoms. The molecule has 2 aromatic rings. The molecule has 0 aliphatic carbocycles. The van der Waals surface area contributed by atoms with Crippen LogP contribution in [0, 0.1) is 29.6 Å². The molecular formula is C18H19N5O4S. The first-order valence-electron chi connectivity index (χ1n) is 8.19. The molecule has 1 aromatic carbocycles. The van der Waals surface area contributed by atoms with E-state index >= 15 is 0 Å². The van der Waals surface area contributed by atoms with Gasteiger partial charge in [-0.05, 0) is 26.0 Å². The van der Waals surface area contributed by atoms with Crippen molar-refractivity contribution >= 4 is 29.2 Å². The maximum absolute atomic E-state index is 11.9. The van der Waals surface area contributed by atoms with Gasteiger partial charge in [-0.1, -0.05) is 17.8 Å². The molecule has 0 radical (unpaired) electrons. The summed E-state index contributed by atoms with van der Waals surface area (Å²) in [6.45, 7) is 2.60. The topological polar surface area (TPSA) is 131 Å². The highest BCUT2D eigenvalue weighted by Gasteiger charge is 2.22. The van der Waals surface area contributed by atoms with Crippen molar-refractivity contribution in [1.82, 2.24) is 14.8 Å². The van der Waals surface area contributed by atoms with E-state index in [1.54, 1.807) is 24.7 Å². The lowest BCUT2D eigenvalue weighted by molar-refractivity contribution is -0.145. The molecule has 0 fully saturated rings. The SMILES string of the molecule is COc1cccc(-n2c(C)nnc2SCC(=O)OCC(=O)[C@H](C#N)C(C)=N)c1. The fraction of sp³-hybridized carbons (Fsp3) is 0.333. The highest BCUT2D eigenvalue weighted by molar-refractivity contribution is 7.99. The van der Waals surface area contributed by atoms with Gasteiger partial charge >= 0.3 is 5.97 Å². The third-order valence-corrected chi connectivity index (χ3v) is 4.59. The lowest BCUT2D eigenvalue weighted by Crippen LogP contribution is -2.26. The Labute approximate surface area is 166 Å². The molecule has 1 atom stereocenters. The van der Waals surface area contributed by atoms with Crippen LogP contribution in [0.15, 0.2) is 29.4 Å². The Morgan fingerprint density at radius 3 is 2.79 bits per heavy atom. The van der Waals surface area contributed by atoms with Crippen LogP contribution in [0.3, 0.4) is 0 Å². The molecule has 1 aromatic heterocycles. The number of methoxy groups -OCH3 is 1. The van der Waals surface area contributed by atoms with Gasteiger partial charge in [-0.25, -0.2) is 0 Å². The second-order valence-corrected chi connectivity index (χ2v) is 6.67. The monoisotopic (exact) mass is 401 g/mol. The number of rotatable bonds is 9. The largest absolute Gasteiger partial charge is 0.497 e. The third-order valence-electron chi connectivity index (χ3n) is 3.69. The van der Waals surface area contributed by atoms with Gasteiger partial charge in [0, 0.05) is 11.8 Å². The van der Waals surface area contributed by atoms with Crippen LogP contribution in [-0.2, 0) is 14.3 Å². The van der Waals surface area contributed by atoms with E-state index in [-0.39, 0.29) is 11.5 Å². The number of thioether (sulfide) groups is 1. The summed E-state index contributed by atoms with van der Waals surface area (Å²) < 4.78 is 11.9. The second kappa shape index (κ2) is 9.66. The average molecular weight is 401 g/mol. The molecule has 0 aliphatic rings. The fourth-order valence-electron chi connectivity index (χ4n) is 2.29. The van der Waals surface area contributed by atoms with Gasteiger partial charge in [0.2, 0.25) is 0 Å². The summed E-state index contributed by atoms with van der Waals surface area (Å²) in [5.74, 6) is -1.22. The average Bonchev–Trinajstić information content (AvgIpc) is 3.05. The number of benzene rings is 1. The summed E-state index contributed by atoms with van der Waals surface area (Å²) in [4.78, 5) is 23.8. The van der Waals surface area contributed by atoms with Gasteiger partial charge < -0.3 is 14.9 Å². The minimum atomic E-state index is -1.20. The van der Waals surface area contributed by atoms with Crippen molar-refractivity contribution in [3.05, 3.63) is 30.1 Å². The lowest BCUT2D eigenvalue weighted by atomic mass is 10.0. The van der Waals surface area contributed by atoms with Gasteiger partial charge in [-0.2, -0.15) is 5.26 Å². The van der Waals surface area contributed by atoms with Crippen molar-refractivity contribution in [3.63, 3.8) is 0 Å². The van der Waals surface area contributed by atoms with Crippen molar-refractivity contribution in [1.29, 1.82) is 10.7 Å². The number of Topliss-reactive ketones (excluding diaryl/α,β-unsaturated/α-hetero) is 1. The molecule has 0 aliphatic heterocycles. The van der Waals surface area contributed by atoms with E-state index in [9.17, 15) is 9.59 Å². The number of hydrogen-bond acceptors (Lipinski definition) is 9. The van der Waals surface area contributed by atoms with E-state index in [1.807, 2.05) is 24.3 Å². The summed E-state index contributed by atoms with van der Waals surface area (Å²) >= 11 is 1.11. The Hall–Kier alpha value is -3.19. The number of nitrogens with one attached hydrogen (secondary N) is 1. The highest BCUT2D eigenvalue weighted by Crippen LogP contribution is 2.24. The third kappa shape index (κ3) is 5.17. The maximum atomic E-state index is 11.9. The minimum absolute atomic E-state index is 0.0835. The van der Waals surface area contributed by atoms with Gasteiger partial charge in [0.1, 0.15) is 17.5 Å². The molecule has 9 nitrogen and oxygen atoms in total. The summed E-state index contributed by atoms with van der Waals surface area (Å²) in [5, 5.41) is 24.9. The van der Waals surface area contributed by atoms with Crippen LogP contribution in [0.2, 0.25) is 0 Å². The second-order valence-electron chi connectivity index (χ2n) is 5.73. The number of carbonyl (C=O) groups is 2. The van der Waals surface area contributed by atoms with Gasteiger partial charge in [-0.15, -0.1) is 10.2 Å². The molecule has 0 unspecified atom stereocenters. The molecule has 146 valence electrons. The Kier molecular flexibility index (Phi) is 7.28. The van der Waals surface area contributed by atoms with E-state index in [1.165, 1.54) is 6.92 Å². The molecule has 2 rings (SSSR count). The molecule has 0 bridgehead atoms. The summed E-state index contributed by atoms with van der Waals surface area (Å²) in [6.07, 6.45) is 0. The first-order valence-corrected chi connectivity index (χ1v) is 9.18. The Bertz CT molecular complexity index is 934.